The van der Waals surface area contributed by atoms with Crippen LogP contribution in [-0.4, -0.2) is 30.2 Å². The number of ether oxygens (including phenoxy) is 2. The van der Waals surface area contributed by atoms with E-state index in [1.807, 2.05) is 62.6 Å². The molecule has 2 heterocycles. The Kier molecular flexibility index (Phi) is 7.73. The Balaban J connectivity index is 1.96. The molecule has 0 aliphatic carbocycles. The number of aromatic nitrogens is 2. The van der Waals surface area contributed by atoms with Gasteiger partial charge in [0.15, 0.2) is 5.76 Å². The lowest BCUT2D eigenvalue weighted by Crippen LogP contribution is -2.05. The average Bonchev–Trinajstić information content (AvgIpc) is 3.22. The highest BCUT2D eigenvalue weighted by Gasteiger charge is 2.18. The third-order valence-electron chi connectivity index (χ3n) is 5.37. The van der Waals surface area contributed by atoms with Crippen molar-refractivity contribution < 1.29 is 18.7 Å². The Morgan fingerprint density at radius 1 is 1.16 bits per heavy atom. The lowest BCUT2D eigenvalue weighted by Gasteiger charge is -2.17. The molecule has 0 bridgehead atoms. The lowest BCUT2D eigenvalue weighted by molar-refractivity contribution is 0.101. The summed E-state index contributed by atoms with van der Waals surface area (Å²) in [5, 5.41) is 6.87. The number of benzene rings is 1. The topological polar surface area (TPSA) is 80.3 Å². The highest BCUT2D eigenvalue weighted by atomic mass is 16.5. The molecule has 6 nitrogen and oxygen atoms in total. The predicted octanol–water partition coefficient (Wildman–Crippen LogP) is 6.33. The molecular formula is C26H30N2O4. The number of furan rings is 1. The second-order valence-corrected chi connectivity index (χ2v) is 7.49. The van der Waals surface area contributed by atoms with Gasteiger partial charge in [-0.3, -0.25) is 4.79 Å². The van der Waals surface area contributed by atoms with Gasteiger partial charge in [0.25, 0.3) is 0 Å². The fraction of sp³-hybridized carbons (Fsp3) is 0.269. The number of Topliss-reactive ketones (excluding diaryl/α,β-unsaturated/α-hetero) is 1. The van der Waals surface area contributed by atoms with Crippen LogP contribution in [0.5, 0.6) is 0 Å². The van der Waals surface area contributed by atoms with Crippen molar-refractivity contribution in [3.63, 3.8) is 0 Å². The smallest absolute Gasteiger partial charge is 0.223 e. The number of hydrogen-bond acceptors (Lipinski definition) is 4. The van der Waals surface area contributed by atoms with Gasteiger partial charge in [-0.2, -0.15) is 0 Å². The fourth-order valence-corrected chi connectivity index (χ4v) is 3.50. The van der Waals surface area contributed by atoms with E-state index in [2.05, 4.69) is 10.2 Å². The molecule has 3 aromatic rings. The first kappa shape index (κ1) is 23.2. The summed E-state index contributed by atoms with van der Waals surface area (Å²) in [6, 6.07) is 11.6. The first-order valence-corrected chi connectivity index (χ1v) is 10.6. The Hall–Kier alpha value is -3.51. The number of aromatic amines is 2. The molecule has 168 valence electrons. The minimum atomic E-state index is -0.279. The number of carbonyl (C=O) groups excluding carboxylic acids is 1. The number of fused-ring (bicyclic) bond motifs is 1. The first-order chi connectivity index (χ1) is 15.5. The van der Waals surface area contributed by atoms with Crippen molar-refractivity contribution in [1.29, 1.82) is 0 Å². The van der Waals surface area contributed by atoms with E-state index in [0.29, 0.717) is 16.9 Å². The molecule has 0 spiro atoms. The maximum absolute atomic E-state index is 12.8. The van der Waals surface area contributed by atoms with Gasteiger partial charge in [-0.25, -0.2) is 0 Å². The Bertz CT molecular complexity index is 1190. The van der Waals surface area contributed by atoms with Crippen LogP contribution in [-0.2, 0) is 9.47 Å². The van der Waals surface area contributed by atoms with Crippen LogP contribution < -0.4 is 0 Å². The largest absolute Gasteiger partial charge is 0.501 e. The van der Waals surface area contributed by atoms with Gasteiger partial charge >= 0.3 is 0 Å². The van der Waals surface area contributed by atoms with E-state index in [0.717, 1.165) is 34.3 Å². The van der Waals surface area contributed by atoms with Crippen LogP contribution in [0.4, 0.5) is 0 Å². The molecule has 1 unspecified atom stereocenters. The summed E-state index contributed by atoms with van der Waals surface area (Å²) >= 11 is 0. The molecule has 0 fully saturated rings. The van der Waals surface area contributed by atoms with E-state index in [1.165, 1.54) is 0 Å². The van der Waals surface area contributed by atoms with Crippen molar-refractivity contribution in [2.24, 2.45) is 0 Å². The summed E-state index contributed by atoms with van der Waals surface area (Å²) in [7, 11) is 3.30. The molecule has 2 N–H and O–H groups in total. The van der Waals surface area contributed by atoms with Crippen LogP contribution in [0.1, 0.15) is 53.6 Å². The standard InChI is InChI=1S/C26H30N2O4/c1-6-21(30-4)11-9-18(3)25(29)24-15-20-14-19(10-12-23(20)32-24)26(31-5)22-16-28-27-13-7-8-17(22)2/h7-16,26-28H,6H2,1-5H3/b13-7?,17-8?,18-9+,21-11+,22-16?. The number of allylic oxidation sites excluding steroid dienone is 4. The number of carbonyl (C=O) groups is 1. The molecule has 1 atom stereocenters. The summed E-state index contributed by atoms with van der Waals surface area (Å²) in [6.07, 6.45) is 7.77. The maximum Gasteiger partial charge on any atom is 0.223 e. The third-order valence-corrected chi connectivity index (χ3v) is 5.37. The summed E-state index contributed by atoms with van der Waals surface area (Å²) in [6.45, 7) is 5.81. The number of aryl methyl sites for hydroxylation is 1. The van der Waals surface area contributed by atoms with Crippen molar-refractivity contribution in [3.8, 4) is 0 Å². The van der Waals surface area contributed by atoms with Crippen molar-refractivity contribution in [2.75, 3.05) is 14.2 Å². The zero-order valence-electron chi connectivity index (χ0n) is 19.2. The second kappa shape index (κ2) is 10.7. The molecule has 0 aliphatic rings. The van der Waals surface area contributed by atoms with E-state index in [9.17, 15) is 4.79 Å². The molecule has 6 heteroatoms. The van der Waals surface area contributed by atoms with E-state index in [1.54, 1.807) is 33.3 Å². The molecule has 3 rings (SSSR count). The number of nitrogens with one attached hydrogen (secondary N) is 2. The number of methoxy groups -OCH3 is 2. The highest BCUT2D eigenvalue weighted by Crippen LogP contribution is 2.31. The molecule has 0 saturated heterocycles. The van der Waals surface area contributed by atoms with Crippen molar-refractivity contribution in [1.82, 2.24) is 10.2 Å². The molecule has 0 aliphatic heterocycles. The molecule has 0 radical (unpaired) electrons. The molecule has 0 amide bonds. The van der Waals surface area contributed by atoms with Gasteiger partial charge in [-0.05, 0) is 55.3 Å². The number of ketones is 1. The minimum absolute atomic E-state index is 0.155. The van der Waals surface area contributed by atoms with E-state index >= 15 is 0 Å². The van der Waals surface area contributed by atoms with Crippen LogP contribution in [0.15, 0.2) is 76.7 Å². The summed E-state index contributed by atoms with van der Waals surface area (Å²) in [4.78, 5) is 12.8. The van der Waals surface area contributed by atoms with Gasteiger partial charge in [0, 0.05) is 42.4 Å². The Morgan fingerprint density at radius 2 is 1.97 bits per heavy atom. The van der Waals surface area contributed by atoms with Crippen LogP contribution >= 0.6 is 0 Å². The Morgan fingerprint density at radius 3 is 2.69 bits per heavy atom. The first-order valence-electron chi connectivity index (χ1n) is 10.6. The van der Waals surface area contributed by atoms with E-state index in [-0.39, 0.29) is 11.9 Å². The monoisotopic (exact) mass is 434 g/mol. The lowest BCUT2D eigenvalue weighted by atomic mass is 9.98. The van der Waals surface area contributed by atoms with Crippen LogP contribution in [0, 0.1) is 6.92 Å². The predicted molar refractivity (Wildman–Crippen MR) is 126 cm³/mol. The SMILES string of the molecule is CC/C(=C\C=C(/C)C(=O)c1cc2cc(C(OC)c3c[nH][nH]cccc3C)ccc2o1)OC. The zero-order valence-corrected chi connectivity index (χ0v) is 19.2. The zero-order chi connectivity index (χ0) is 23.1. The van der Waals surface area contributed by atoms with Crippen LogP contribution in [0.2, 0.25) is 0 Å². The molecule has 32 heavy (non-hydrogen) atoms. The Labute approximate surface area is 188 Å². The van der Waals surface area contributed by atoms with Crippen LogP contribution in [0.25, 0.3) is 11.0 Å². The normalized spacial score (nSPS) is 13.2. The van der Waals surface area contributed by atoms with Crippen molar-refractivity contribution >= 4 is 16.8 Å². The molecule has 0 saturated carbocycles. The third kappa shape index (κ3) is 5.21. The van der Waals surface area contributed by atoms with Gasteiger partial charge < -0.3 is 24.1 Å². The number of H-pyrrole nitrogens is 2. The maximum atomic E-state index is 12.8. The van der Waals surface area contributed by atoms with Gasteiger partial charge in [0.1, 0.15) is 11.7 Å². The van der Waals surface area contributed by atoms with E-state index < -0.39 is 0 Å². The van der Waals surface area contributed by atoms with E-state index in [4.69, 9.17) is 13.9 Å². The quantitative estimate of drug-likeness (QED) is 0.188. The van der Waals surface area contributed by atoms with Crippen molar-refractivity contribution in [3.05, 3.63) is 94.7 Å². The minimum Gasteiger partial charge on any atom is -0.501 e. The second-order valence-electron chi connectivity index (χ2n) is 7.49. The molecular weight excluding hydrogens is 404 g/mol. The van der Waals surface area contributed by atoms with Gasteiger partial charge in [-0.15, -0.1) is 0 Å². The summed E-state index contributed by atoms with van der Waals surface area (Å²) in [5.74, 6) is 0.962. The van der Waals surface area contributed by atoms with Gasteiger partial charge in [-0.1, -0.05) is 25.1 Å². The summed E-state index contributed by atoms with van der Waals surface area (Å²) in [5.41, 5.74) is 4.28. The molecule has 2 aromatic heterocycles. The van der Waals surface area contributed by atoms with Gasteiger partial charge in [0.05, 0.1) is 12.9 Å². The average molecular weight is 435 g/mol. The van der Waals surface area contributed by atoms with Gasteiger partial charge in [0.2, 0.25) is 5.78 Å². The number of hydrogen-bond donors (Lipinski definition) is 2. The highest BCUT2D eigenvalue weighted by molar-refractivity contribution is 6.08. The van der Waals surface area contributed by atoms with Crippen molar-refractivity contribution in [2.45, 2.75) is 33.3 Å². The van der Waals surface area contributed by atoms with Crippen LogP contribution in [0.3, 0.4) is 0 Å². The number of rotatable bonds is 8. The molecule has 1 aromatic carbocycles. The summed E-state index contributed by atoms with van der Waals surface area (Å²) < 4.78 is 16.9. The fourth-order valence-electron chi connectivity index (χ4n) is 3.50.